The number of carbonyl (C=O) groups excluding carboxylic acids is 1. The van der Waals surface area contributed by atoms with Crippen LogP contribution in [0.4, 0.5) is 0 Å². The van der Waals surface area contributed by atoms with Crippen molar-refractivity contribution >= 4 is 20.6 Å². The Hall–Kier alpha value is -1.40. The van der Waals surface area contributed by atoms with Crippen LogP contribution in [0.5, 0.6) is 0 Å². The van der Waals surface area contributed by atoms with Gasteiger partial charge in [-0.2, -0.15) is 0 Å². The van der Waals surface area contributed by atoms with Crippen molar-refractivity contribution in [1.82, 2.24) is 0 Å². The van der Waals surface area contributed by atoms with Crippen LogP contribution in [0.2, 0.25) is 18.1 Å². The Bertz CT molecular complexity index is 543. The van der Waals surface area contributed by atoms with Gasteiger partial charge in [0.25, 0.3) is 5.79 Å². The van der Waals surface area contributed by atoms with Gasteiger partial charge in [0.15, 0.2) is 14.6 Å². The predicted molar refractivity (Wildman–Crippen MR) is 84.6 cm³/mol. The van der Waals surface area contributed by atoms with E-state index in [1.165, 1.54) is 6.26 Å². The molecule has 2 aliphatic rings. The van der Waals surface area contributed by atoms with Crippen LogP contribution in [-0.4, -0.2) is 31.5 Å². The third-order valence-electron chi connectivity index (χ3n) is 5.03. The third-order valence-corrected chi connectivity index (χ3v) is 9.47. The molecular formula is C16H24O5Si. The Morgan fingerprint density at radius 2 is 2.14 bits per heavy atom. The molecule has 0 aromatic rings. The molecule has 0 fully saturated rings. The molecule has 2 rings (SSSR count). The van der Waals surface area contributed by atoms with E-state index in [1.807, 2.05) is 25.2 Å². The van der Waals surface area contributed by atoms with Crippen LogP contribution < -0.4 is 0 Å². The van der Waals surface area contributed by atoms with Crippen molar-refractivity contribution < 1.29 is 23.9 Å². The molecule has 1 aliphatic heterocycles. The SMILES string of the molecule is CC(C)(C)[Si](C)(C)OC1(C=O)OC=C(C(=O)O)C2CC=CC21. The Kier molecular flexibility index (Phi) is 4.12. The van der Waals surface area contributed by atoms with Crippen molar-refractivity contribution in [2.24, 2.45) is 11.8 Å². The summed E-state index contributed by atoms with van der Waals surface area (Å²) < 4.78 is 11.9. The average Bonchev–Trinajstić information content (AvgIpc) is 2.86. The summed E-state index contributed by atoms with van der Waals surface area (Å²) in [7, 11) is -2.26. The minimum absolute atomic E-state index is 0.0824. The van der Waals surface area contributed by atoms with Crippen molar-refractivity contribution in [3.05, 3.63) is 24.0 Å². The second-order valence-electron chi connectivity index (χ2n) is 7.49. The number of carboxylic acid groups (broad SMARTS) is 1. The number of ether oxygens (including phenoxy) is 1. The topological polar surface area (TPSA) is 72.8 Å². The Morgan fingerprint density at radius 1 is 1.50 bits per heavy atom. The number of aldehydes is 1. The molecule has 0 saturated carbocycles. The van der Waals surface area contributed by atoms with Gasteiger partial charge in [0.05, 0.1) is 17.8 Å². The van der Waals surface area contributed by atoms with Crippen LogP contribution in [0.25, 0.3) is 0 Å². The highest BCUT2D eigenvalue weighted by molar-refractivity contribution is 6.74. The molecule has 6 heteroatoms. The van der Waals surface area contributed by atoms with Gasteiger partial charge >= 0.3 is 5.97 Å². The standard InChI is InChI=1S/C16H24O5Si/c1-15(2,3)22(4,5)21-16(10-17)13-8-6-7-11(13)12(9-20-16)14(18)19/h6,8-11,13H,7H2,1-5H3,(H,18,19). The Morgan fingerprint density at radius 3 is 2.64 bits per heavy atom. The summed E-state index contributed by atoms with van der Waals surface area (Å²) in [5.74, 6) is -3.10. The zero-order valence-electron chi connectivity index (χ0n) is 13.8. The van der Waals surface area contributed by atoms with E-state index in [0.717, 1.165) is 0 Å². The van der Waals surface area contributed by atoms with Crippen molar-refractivity contribution in [2.75, 3.05) is 0 Å². The molecule has 22 heavy (non-hydrogen) atoms. The molecule has 3 atom stereocenters. The highest BCUT2D eigenvalue weighted by atomic mass is 28.4. The van der Waals surface area contributed by atoms with E-state index in [1.54, 1.807) is 0 Å². The van der Waals surface area contributed by atoms with Crippen LogP contribution in [0.15, 0.2) is 24.0 Å². The zero-order chi connectivity index (χ0) is 16.8. The van der Waals surface area contributed by atoms with E-state index in [9.17, 15) is 14.7 Å². The summed E-state index contributed by atoms with van der Waals surface area (Å²) in [5, 5.41) is 9.21. The summed E-state index contributed by atoms with van der Waals surface area (Å²) >= 11 is 0. The first kappa shape index (κ1) is 17.0. The molecule has 3 unspecified atom stereocenters. The number of allylic oxidation sites excluding steroid dienone is 1. The predicted octanol–water partition coefficient (Wildman–Crippen LogP) is 3.09. The van der Waals surface area contributed by atoms with Crippen LogP contribution in [0, 0.1) is 11.8 Å². The van der Waals surface area contributed by atoms with Crippen molar-refractivity contribution in [3.8, 4) is 0 Å². The molecule has 0 aromatic heterocycles. The summed E-state index contributed by atoms with van der Waals surface area (Å²) in [4.78, 5) is 23.2. The fourth-order valence-corrected chi connectivity index (χ4v) is 4.03. The van der Waals surface area contributed by atoms with Gasteiger partial charge in [0.1, 0.15) is 0 Å². The molecule has 122 valence electrons. The first-order chi connectivity index (χ1) is 10.0. The van der Waals surface area contributed by atoms with Gasteiger partial charge in [0, 0.05) is 5.92 Å². The largest absolute Gasteiger partial charge is 0.478 e. The number of fused-ring (bicyclic) bond motifs is 1. The van der Waals surface area contributed by atoms with E-state index in [2.05, 4.69) is 20.8 Å². The van der Waals surface area contributed by atoms with Gasteiger partial charge in [-0.25, -0.2) is 4.79 Å². The first-order valence-electron chi connectivity index (χ1n) is 7.48. The molecule has 5 nitrogen and oxygen atoms in total. The maximum Gasteiger partial charge on any atom is 0.335 e. The lowest BCUT2D eigenvalue weighted by Gasteiger charge is -2.47. The van der Waals surface area contributed by atoms with Gasteiger partial charge in [-0.1, -0.05) is 32.9 Å². The quantitative estimate of drug-likeness (QED) is 0.489. The molecule has 0 radical (unpaired) electrons. The molecule has 1 N–H and O–H groups in total. The number of hydrogen-bond acceptors (Lipinski definition) is 4. The fraction of sp³-hybridized carbons (Fsp3) is 0.625. The summed E-state index contributed by atoms with van der Waals surface area (Å²) in [6, 6.07) is 0. The highest BCUT2D eigenvalue weighted by Gasteiger charge is 2.55. The van der Waals surface area contributed by atoms with Gasteiger partial charge in [-0.05, 0) is 24.6 Å². The summed E-state index contributed by atoms with van der Waals surface area (Å²) in [6.07, 6.45) is 6.22. The van der Waals surface area contributed by atoms with E-state index >= 15 is 0 Å². The smallest absolute Gasteiger partial charge is 0.335 e. The van der Waals surface area contributed by atoms with Crippen molar-refractivity contribution in [2.45, 2.75) is 51.1 Å². The number of carboxylic acids is 1. The van der Waals surface area contributed by atoms with E-state index < -0.39 is 26.0 Å². The number of rotatable bonds is 4. The molecule has 1 aliphatic carbocycles. The third kappa shape index (κ3) is 2.65. The fourth-order valence-electron chi connectivity index (χ4n) is 2.69. The summed E-state index contributed by atoms with van der Waals surface area (Å²) in [6.45, 7) is 10.3. The number of carbonyl (C=O) groups is 2. The van der Waals surface area contributed by atoms with Gasteiger partial charge < -0.3 is 14.3 Å². The molecule has 0 amide bonds. The maximum absolute atomic E-state index is 11.9. The minimum atomic E-state index is -2.26. The normalized spacial score (nSPS) is 31.2. The van der Waals surface area contributed by atoms with Crippen molar-refractivity contribution in [1.29, 1.82) is 0 Å². The zero-order valence-corrected chi connectivity index (χ0v) is 14.8. The van der Waals surface area contributed by atoms with Gasteiger partial charge in [-0.3, -0.25) is 4.79 Å². The highest BCUT2D eigenvalue weighted by Crippen LogP contribution is 2.48. The van der Waals surface area contributed by atoms with Gasteiger partial charge in [0.2, 0.25) is 0 Å². The van der Waals surface area contributed by atoms with Crippen LogP contribution in [0.3, 0.4) is 0 Å². The van der Waals surface area contributed by atoms with E-state index in [0.29, 0.717) is 12.7 Å². The lowest BCUT2D eigenvalue weighted by molar-refractivity contribution is -0.190. The maximum atomic E-state index is 11.9. The number of aliphatic carboxylic acids is 1. The van der Waals surface area contributed by atoms with Crippen LogP contribution in [-0.2, 0) is 18.8 Å². The minimum Gasteiger partial charge on any atom is -0.478 e. The average molecular weight is 324 g/mol. The monoisotopic (exact) mass is 324 g/mol. The molecule has 1 heterocycles. The van der Waals surface area contributed by atoms with Crippen LogP contribution in [0.1, 0.15) is 27.2 Å². The Labute approximate surface area is 132 Å². The lowest BCUT2D eigenvalue weighted by Crippen LogP contribution is -2.57. The van der Waals surface area contributed by atoms with E-state index in [-0.39, 0.29) is 16.5 Å². The molecule has 0 bridgehead atoms. The second-order valence-corrected chi connectivity index (χ2v) is 12.2. The lowest BCUT2D eigenvalue weighted by atomic mass is 9.81. The molecule has 0 aromatic carbocycles. The second kappa shape index (κ2) is 5.35. The number of hydrogen-bond donors (Lipinski definition) is 1. The van der Waals surface area contributed by atoms with E-state index in [4.69, 9.17) is 9.16 Å². The first-order valence-corrected chi connectivity index (χ1v) is 10.4. The molecule has 0 spiro atoms. The summed E-state index contributed by atoms with van der Waals surface area (Å²) in [5.41, 5.74) is 0.200. The van der Waals surface area contributed by atoms with Crippen molar-refractivity contribution in [3.63, 3.8) is 0 Å². The molecular weight excluding hydrogens is 300 g/mol. The molecule has 0 saturated heterocycles. The van der Waals surface area contributed by atoms with Crippen LogP contribution >= 0.6 is 0 Å². The Balaban J connectivity index is 2.41. The van der Waals surface area contributed by atoms with Gasteiger partial charge in [-0.15, -0.1) is 0 Å².